The molecule has 2 aromatic heterocycles. The Morgan fingerprint density at radius 3 is 2.36 bits per heavy atom. The van der Waals surface area contributed by atoms with E-state index in [0.717, 1.165) is 48.6 Å². The van der Waals surface area contributed by atoms with E-state index in [-0.39, 0.29) is 6.41 Å². The van der Waals surface area contributed by atoms with Crippen LogP contribution in [-0.2, 0) is 22.5 Å². The van der Waals surface area contributed by atoms with Gasteiger partial charge in [-0.05, 0) is 73.4 Å². The van der Waals surface area contributed by atoms with Crippen molar-refractivity contribution in [3.8, 4) is 11.5 Å². The summed E-state index contributed by atoms with van der Waals surface area (Å²) in [5.74, 6) is 2.76. The van der Waals surface area contributed by atoms with Crippen molar-refractivity contribution in [2.45, 2.75) is 45.6 Å². The molecule has 1 aliphatic heterocycles. The van der Waals surface area contributed by atoms with Crippen LogP contribution >= 0.6 is 0 Å². The van der Waals surface area contributed by atoms with Gasteiger partial charge in [0.05, 0.1) is 20.8 Å². The Morgan fingerprint density at radius 1 is 0.979 bits per heavy atom. The molecular weight excluding hydrogens is 592 g/mol. The number of nitrogens with zero attached hydrogens (tertiary/aromatic N) is 1. The molecule has 3 aromatic carbocycles. The first-order valence-corrected chi connectivity index (χ1v) is 15.8. The van der Waals surface area contributed by atoms with Gasteiger partial charge in [-0.3, -0.25) is 15.6 Å². The zero-order valence-corrected chi connectivity index (χ0v) is 27.5. The lowest BCUT2D eigenvalue weighted by molar-refractivity contribution is -0.106. The second-order valence-electron chi connectivity index (χ2n) is 11.5. The summed E-state index contributed by atoms with van der Waals surface area (Å²) in [6.45, 7) is 4.03. The van der Waals surface area contributed by atoms with E-state index in [2.05, 4.69) is 59.0 Å². The molecule has 0 radical (unpaired) electrons. The van der Waals surface area contributed by atoms with Gasteiger partial charge >= 0.3 is 0 Å². The minimum absolute atomic E-state index is 0.250. The molecule has 1 saturated heterocycles. The third-order valence-corrected chi connectivity index (χ3v) is 8.31. The van der Waals surface area contributed by atoms with Crippen LogP contribution in [0.25, 0.3) is 21.8 Å². The van der Waals surface area contributed by atoms with Crippen LogP contribution in [0.2, 0.25) is 0 Å². The third-order valence-electron chi connectivity index (χ3n) is 8.31. The Kier molecular flexibility index (Phi) is 13.0. The van der Waals surface area contributed by atoms with Gasteiger partial charge in [0.2, 0.25) is 6.41 Å². The van der Waals surface area contributed by atoms with Crippen molar-refractivity contribution in [1.82, 2.24) is 14.9 Å². The number of rotatable bonds is 9. The van der Waals surface area contributed by atoms with E-state index in [1.807, 2.05) is 47.5 Å². The van der Waals surface area contributed by atoms with Crippen molar-refractivity contribution >= 4 is 39.9 Å². The predicted molar refractivity (Wildman–Crippen MR) is 189 cm³/mol. The van der Waals surface area contributed by atoms with Crippen LogP contribution in [0.15, 0.2) is 79.0 Å². The molecule has 10 heteroatoms. The number of nitrogens with one attached hydrogen (secondary N) is 4. The highest BCUT2D eigenvalue weighted by Crippen LogP contribution is 2.28. The number of methoxy groups -OCH3 is 2. The highest BCUT2D eigenvalue weighted by Gasteiger charge is 2.23. The summed E-state index contributed by atoms with van der Waals surface area (Å²) in [5, 5.41) is 20.3. The maximum Gasteiger partial charge on any atom is 0.204 e. The van der Waals surface area contributed by atoms with Crippen LogP contribution in [-0.4, -0.2) is 60.4 Å². The SMILES string of the molecule is COc1ccc(CN(C(=N)CCc2cc3ccccc3[nH]2)C(=N)CC2CCOCC2)c(OC)c1.Cc1c[nH]c2ccccc12.NC=O. The Bertz CT molecular complexity index is 1720. The zero-order chi connectivity index (χ0) is 33.6. The van der Waals surface area contributed by atoms with Crippen LogP contribution in [0.1, 0.15) is 42.5 Å². The highest BCUT2D eigenvalue weighted by atomic mass is 16.5. The molecule has 47 heavy (non-hydrogen) atoms. The molecule has 3 heterocycles. The van der Waals surface area contributed by atoms with Gasteiger partial charge < -0.3 is 34.8 Å². The van der Waals surface area contributed by atoms with Gasteiger partial charge in [0.1, 0.15) is 23.2 Å². The van der Waals surface area contributed by atoms with Crippen LogP contribution < -0.4 is 15.2 Å². The van der Waals surface area contributed by atoms with E-state index in [4.69, 9.17) is 29.8 Å². The molecular formula is C37H46N6O4. The van der Waals surface area contributed by atoms with Crippen LogP contribution in [0.5, 0.6) is 11.5 Å². The van der Waals surface area contributed by atoms with E-state index < -0.39 is 0 Å². The molecule has 1 aliphatic rings. The van der Waals surface area contributed by atoms with Gasteiger partial charge in [0, 0.05) is 66.0 Å². The number of carbonyl (C=O) groups is 1. The Labute approximate surface area is 276 Å². The molecule has 0 aliphatic carbocycles. The minimum Gasteiger partial charge on any atom is -0.497 e. The van der Waals surface area contributed by atoms with Crippen LogP contribution in [0, 0.1) is 23.7 Å². The lowest BCUT2D eigenvalue weighted by atomic mass is 9.95. The topological polar surface area (TPSA) is 153 Å². The van der Waals surface area contributed by atoms with E-state index in [0.29, 0.717) is 49.1 Å². The number of hydrogen-bond donors (Lipinski definition) is 5. The smallest absolute Gasteiger partial charge is 0.204 e. The molecule has 1 fully saturated rings. The van der Waals surface area contributed by atoms with Crippen LogP contribution in [0.3, 0.4) is 0 Å². The number of benzene rings is 3. The largest absolute Gasteiger partial charge is 0.497 e. The molecule has 6 rings (SSSR count). The van der Waals surface area contributed by atoms with E-state index in [1.54, 1.807) is 14.2 Å². The quantitative estimate of drug-likeness (QED) is 0.0671. The molecule has 1 amide bonds. The fraction of sp³-hybridized carbons (Fsp3) is 0.324. The normalized spacial score (nSPS) is 12.7. The van der Waals surface area contributed by atoms with E-state index in [9.17, 15) is 0 Å². The van der Waals surface area contributed by atoms with Crippen molar-refractivity contribution in [1.29, 1.82) is 10.8 Å². The number of hydrogen-bond acceptors (Lipinski definition) is 6. The maximum atomic E-state index is 8.91. The van der Waals surface area contributed by atoms with Gasteiger partial charge in [-0.25, -0.2) is 0 Å². The summed E-state index contributed by atoms with van der Waals surface area (Å²) in [6, 6.07) is 24.4. The summed E-state index contributed by atoms with van der Waals surface area (Å²) >= 11 is 0. The standard InChI is InChI=1S/C27H34N4O3.C9H9N.CH3NO/c1-32-23-9-7-21(25(17-23)33-2)18-31(27(29)15-19-11-13-34-14-12-19)26(28)10-8-22-16-20-5-3-4-6-24(20)30-22;1-7-6-10-9-5-3-2-4-8(7)9;2-1-3/h3-7,9,16-17,19,28-30H,8,10-15,18H2,1-2H3;2-6,10H,1H3;1H,(H2,2,3). The monoisotopic (exact) mass is 638 g/mol. The number of H-pyrrole nitrogens is 2. The first kappa shape index (κ1) is 34.8. The number of aryl methyl sites for hydroxylation is 2. The lowest BCUT2D eigenvalue weighted by Gasteiger charge is -2.30. The highest BCUT2D eigenvalue weighted by molar-refractivity contribution is 5.98. The number of fused-ring (bicyclic) bond motifs is 2. The first-order chi connectivity index (χ1) is 22.9. The van der Waals surface area contributed by atoms with E-state index in [1.165, 1.54) is 21.9 Å². The molecule has 0 bridgehead atoms. The molecule has 248 valence electrons. The molecule has 0 saturated carbocycles. The number of aromatic nitrogens is 2. The van der Waals surface area contributed by atoms with Gasteiger partial charge in [-0.1, -0.05) is 36.4 Å². The summed E-state index contributed by atoms with van der Waals surface area (Å²) in [4.78, 5) is 17.1. The van der Waals surface area contributed by atoms with Crippen molar-refractivity contribution < 1.29 is 19.0 Å². The number of nitrogens with two attached hydrogens (primary N) is 1. The fourth-order valence-electron chi connectivity index (χ4n) is 5.71. The third kappa shape index (κ3) is 9.70. The molecule has 0 unspecified atom stereocenters. The number of carbonyl (C=O) groups excluding carboxylic acids is 1. The molecule has 10 nitrogen and oxygen atoms in total. The molecule has 6 N–H and O–H groups in total. The average molecular weight is 639 g/mol. The molecule has 5 aromatic rings. The predicted octanol–water partition coefficient (Wildman–Crippen LogP) is 6.97. The molecule has 0 spiro atoms. The summed E-state index contributed by atoms with van der Waals surface area (Å²) in [7, 11) is 3.27. The summed E-state index contributed by atoms with van der Waals surface area (Å²) < 4.78 is 16.4. The Balaban J connectivity index is 0.000000319. The van der Waals surface area contributed by atoms with Crippen molar-refractivity contribution in [2.24, 2.45) is 11.7 Å². The number of para-hydroxylation sites is 2. The maximum absolute atomic E-state index is 8.91. The lowest BCUT2D eigenvalue weighted by Crippen LogP contribution is -2.37. The van der Waals surface area contributed by atoms with Gasteiger partial charge in [-0.15, -0.1) is 0 Å². The Morgan fingerprint density at radius 2 is 1.68 bits per heavy atom. The fourth-order valence-corrected chi connectivity index (χ4v) is 5.71. The number of amides is 1. The Hall–Kier alpha value is -5.09. The zero-order valence-electron chi connectivity index (χ0n) is 27.5. The number of amidine groups is 2. The van der Waals surface area contributed by atoms with Gasteiger partial charge in [0.25, 0.3) is 0 Å². The van der Waals surface area contributed by atoms with Crippen molar-refractivity contribution in [3.63, 3.8) is 0 Å². The average Bonchev–Trinajstić information content (AvgIpc) is 3.70. The summed E-state index contributed by atoms with van der Waals surface area (Å²) in [6.07, 6.45) is 6.12. The number of aromatic amines is 2. The first-order valence-electron chi connectivity index (χ1n) is 15.8. The van der Waals surface area contributed by atoms with Gasteiger partial charge in [-0.2, -0.15) is 0 Å². The number of ether oxygens (including phenoxy) is 3. The number of primary amides is 1. The van der Waals surface area contributed by atoms with Crippen LogP contribution in [0.4, 0.5) is 0 Å². The van der Waals surface area contributed by atoms with Crippen molar-refractivity contribution in [2.75, 3.05) is 27.4 Å². The van der Waals surface area contributed by atoms with Gasteiger partial charge in [0.15, 0.2) is 0 Å². The second-order valence-corrected chi connectivity index (χ2v) is 11.5. The van der Waals surface area contributed by atoms with E-state index >= 15 is 0 Å². The molecule has 0 atom stereocenters. The second kappa shape index (κ2) is 17.6. The summed E-state index contributed by atoms with van der Waals surface area (Å²) in [5.41, 5.74) is 9.84. The van der Waals surface area contributed by atoms with Crippen molar-refractivity contribution in [3.05, 3.63) is 95.8 Å². The minimum atomic E-state index is 0.250.